The summed E-state index contributed by atoms with van der Waals surface area (Å²) in [5.74, 6) is -1.99. The van der Waals surface area contributed by atoms with E-state index in [9.17, 15) is 13.6 Å². The fraction of sp³-hybridized carbons (Fsp3) is 0.632. The highest BCUT2D eigenvalue weighted by atomic mass is 19.2. The fourth-order valence-electron chi connectivity index (χ4n) is 3.16. The van der Waals surface area contributed by atoms with Crippen molar-refractivity contribution < 1.29 is 23.0 Å². The molecule has 5 nitrogen and oxygen atoms in total. The molecule has 1 saturated heterocycles. The van der Waals surface area contributed by atoms with Crippen LogP contribution in [0.5, 0.6) is 0 Å². The molecule has 0 aliphatic carbocycles. The van der Waals surface area contributed by atoms with E-state index in [1.54, 1.807) is 4.90 Å². The summed E-state index contributed by atoms with van der Waals surface area (Å²) < 4.78 is 39.2. The molecule has 1 heterocycles. The van der Waals surface area contributed by atoms with Crippen LogP contribution < -0.4 is 5.73 Å². The number of nitrogens with zero attached hydrogens (tertiary/aromatic N) is 1. The summed E-state index contributed by atoms with van der Waals surface area (Å²) in [7, 11) is 0. The van der Waals surface area contributed by atoms with Crippen LogP contribution in [0, 0.1) is 17.6 Å². The maximum Gasteiger partial charge on any atom is 0.410 e. The SMILES string of the molecule is CC(C)(C)OC(=O)N1CCCC([C@@H](OCCN)c2cccc(F)c2F)C1. The Bertz CT molecular complexity index is 619. The van der Waals surface area contributed by atoms with Crippen molar-refractivity contribution in [2.75, 3.05) is 26.2 Å². The Hall–Kier alpha value is -1.73. The molecule has 1 unspecified atom stereocenters. The first-order valence-corrected chi connectivity index (χ1v) is 8.96. The van der Waals surface area contributed by atoms with Gasteiger partial charge in [-0.05, 0) is 39.7 Å². The number of ether oxygens (including phenoxy) is 2. The minimum atomic E-state index is -0.913. The van der Waals surface area contributed by atoms with Gasteiger partial charge in [0.15, 0.2) is 11.6 Å². The number of amides is 1. The topological polar surface area (TPSA) is 64.8 Å². The van der Waals surface area contributed by atoms with E-state index in [4.69, 9.17) is 15.2 Å². The summed E-state index contributed by atoms with van der Waals surface area (Å²) in [6, 6.07) is 4.06. The van der Waals surface area contributed by atoms with Gasteiger partial charge >= 0.3 is 6.09 Å². The average Bonchev–Trinajstić information content (AvgIpc) is 2.57. The number of piperidine rings is 1. The third-order valence-corrected chi connectivity index (χ3v) is 4.24. The van der Waals surface area contributed by atoms with Gasteiger partial charge in [0, 0.05) is 31.1 Å². The van der Waals surface area contributed by atoms with E-state index in [0.29, 0.717) is 13.1 Å². The summed E-state index contributed by atoms with van der Waals surface area (Å²) in [6.07, 6.45) is 0.410. The molecule has 2 rings (SSSR count). The highest BCUT2D eigenvalue weighted by Gasteiger charge is 2.34. The molecule has 1 fully saturated rings. The van der Waals surface area contributed by atoms with E-state index >= 15 is 0 Å². The molecule has 0 saturated carbocycles. The molecule has 0 aromatic heterocycles. The van der Waals surface area contributed by atoms with Crippen LogP contribution >= 0.6 is 0 Å². The Kier molecular flexibility index (Phi) is 6.94. The van der Waals surface area contributed by atoms with E-state index in [-0.39, 0.29) is 24.6 Å². The molecule has 2 N–H and O–H groups in total. The van der Waals surface area contributed by atoms with Crippen LogP contribution in [0.2, 0.25) is 0 Å². The predicted molar refractivity (Wildman–Crippen MR) is 94.6 cm³/mol. The van der Waals surface area contributed by atoms with Crippen molar-refractivity contribution >= 4 is 6.09 Å². The molecular weight excluding hydrogens is 342 g/mol. The smallest absolute Gasteiger partial charge is 0.410 e. The lowest BCUT2D eigenvalue weighted by Gasteiger charge is -2.37. The Morgan fingerprint density at radius 3 is 2.77 bits per heavy atom. The summed E-state index contributed by atoms with van der Waals surface area (Å²) in [5.41, 5.74) is 5.09. The summed E-state index contributed by atoms with van der Waals surface area (Å²) >= 11 is 0. The maximum absolute atomic E-state index is 14.3. The third kappa shape index (κ3) is 5.38. The van der Waals surface area contributed by atoms with Crippen LogP contribution in [0.1, 0.15) is 45.3 Å². The quantitative estimate of drug-likeness (QED) is 0.860. The molecule has 0 spiro atoms. The van der Waals surface area contributed by atoms with Crippen molar-refractivity contribution in [3.8, 4) is 0 Å². The minimum Gasteiger partial charge on any atom is -0.444 e. The van der Waals surface area contributed by atoms with Crippen LogP contribution in [-0.2, 0) is 9.47 Å². The van der Waals surface area contributed by atoms with Gasteiger partial charge < -0.3 is 20.1 Å². The normalized spacial score (nSPS) is 19.3. The number of halogens is 2. The van der Waals surface area contributed by atoms with Crippen LogP contribution in [0.25, 0.3) is 0 Å². The van der Waals surface area contributed by atoms with Crippen molar-refractivity contribution in [2.24, 2.45) is 11.7 Å². The second-order valence-corrected chi connectivity index (χ2v) is 7.55. The largest absolute Gasteiger partial charge is 0.444 e. The van der Waals surface area contributed by atoms with Crippen LogP contribution in [0.3, 0.4) is 0 Å². The van der Waals surface area contributed by atoms with Crippen molar-refractivity contribution in [1.82, 2.24) is 4.90 Å². The maximum atomic E-state index is 14.3. The minimum absolute atomic E-state index is 0.162. The van der Waals surface area contributed by atoms with E-state index in [2.05, 4.69) is 0 Å². The first kappa shape index (κ1) is 20.6. The Labute approximate surface area is 153 Å². The third-order valence-electron chi connectivity index (χ3n) is 4.24. The second-order valence-electron chi connectivity index (χ2n) is 7.55. The van der Waals surface area contributed by atoms with Crippen molar-refractivity contribution in [3.05, 3.63) is 35.4 Å². The van der Waals surface area contributed by atoms with Gasteiger partial charge in [-0.15, -0.1) is 0 Å². The van der Waals surface area contributed by atoms with Crippen LogP contribution in [0.15, 0.2) is 18.2 Å². The zero-order chi connectivity index (χ0) is 19.3. The first-order chi connectivity index (χ1) is 12.2. The molecule has 1 aromatic carbocycles. The molecule has 26 heavy (non-hydrogen) atoms. The van der Waals surface area contributed by atoms with E-state index < -0.39 is 29.4 Å². The van der Waals surface area contributed by atoms with Gasteiger partial charge in [0.05, 0.1) is 12.7 Å². The molecule has 1 aliphatic rings. The van der Waals surface area contributed by atoms with Crippen molar-refractivity contribution in [2.45, 2.75) is 45.3 Å². The highest BCUT2D eigenvalue weighted by Crippen LogP contribution is 2.35. The van der Waals surface area contributed by atoms with Gasteiger partial charge in [-0.1, -0.05) is 12.1 Å². The Morgan fingerprint density at radius 1 is 1.38 bits per heavy atom. The summed E-state index contributed by atoms with van der Waals surface area (Å²) in [4.78, 5) is 14.0. The highest BCUT2D eigenvalue weighted by molar-refractivity contribution is 5.68. The first-order valence-electron chi connectivity index (χ1n) is 8.96. The molecule has 1 aromatic rings. The lowest BCUT2D eigenvalue weighted by atomic mass is 9.88. The standard InChI is InChI=1S/C19H28F2N2O3/c1-19(2,3)26-18(24)23-10-5-6-13(12-23)17(25-11-9-22)14-7-4-8-15(20)16(14)21/h4,7-8,13,17H,5-6,9-12,22H2,1-3H3/t13?,17-/m1/s1. The second kappa shape index (κ2) is 8.77. The van der Waals surface area contributed by atoms with Gasteiger partial charge in [0.1, 0.15) is 5.60 Å². The summed E-state index contributed by atoms with van der Waals surface area (Å²) in [6.45, 7) is 6.85. The monoisotopic (exact) mass is 370 g/mol. The molecule has 1 aliphatic heterocycles. The van der Waals surface area contributed by atoms with Gasteiger partial charge in [-0.25, -0.2) is 13.6 Å². The van der Waals surface area contributed by atoms with Crippen LogP contribution in [-0.4, -0.2) is 42.8 Å². The lowest BCUT2D eigenvalue weighted by Crippen LogP contribution is -2.44. The van der Waals surface area contributed by atoms with E-state index in [1.165, 1.54) is 12.1 Å². The van der Waals surface area contributed by atoms with Crippen molar-refractivity contribution in [3.63, 3.8) is 0 Å². The van der Waals surface area contributed by atoms with Gasteiger partial charge in [-0.3, -0.25) is 0 Å². The Balaban J connectivity index is 2.19. The van der Waals surface area contributed by atoms with E-state index in [0.717, 1.165) is 18.9 Å². The molecule has 0 radical (unpaired) electrons. The zero-order valence-corrected chi connectivity index (χ0v) is 15.6. The number of hydrogen-bond donors (Lipinski definition) is 1. The molecule has 2 atom stereocenters. The Morgan fingerprint density at radius 2 is 2.12 bits per heavy atom. The molecular formula is C19H28F2N2O3. The average molecular weight is 370 g/mol. The lowest BCUT2D eigenvalue weighted by molar-refractivity contribution is -0.0248. The number of benzene rings is 1. The number of likely N-dealkylation sites (tertiary alicyclic amines) is 1. The predicted octanol–water partition coefficient (Wildman–Crippen LogP) is 3.63. The molecule has 1 amide bonds. The van der Waals surface area contributed by atoms with E-state index in [1.807, 2.05) is 20.8 Å². The summed E-state index contributed by atoms with van der Waals surface area (Å²) in [5, 5.41) is 0. The number of rotatable bonds is 5. The zero-order valence-electron chi connectivity index (χ0n) is 15.6. The fourth-order valence-corrected chi connectivity index (χ4v) is 3.16. The van der Waals surface area contributed by atoms with Gasteiger partial charge in [-0.2, -0.15) is 0 Å². The number of carbonyl (C=O) groups is 1. The van der Waals surface area contributed by atoms with Crippen LogP contribution in [0.4, 0.5) is 13.6 Å². The van der Waals surface area contributed by atoms with Crippen molar-refractivity contribution in [1.29, 1.82) is 0 Å². The van der Waals surface area contributed by atoms with Gasteiger partial charge in [0.25, 0.3) is 0 Å². The number of nitrogens with two attached hydrogens (primary N) is 1. The molecule has 146 valence electrons. The number of carbonyl (C=O) groups excluding carboxylic acids is 1. The van der Waals surface area contributed by atoms with Gasteiger partial charge in [0.2, 0.25) is 0 Å². The molecule has 0 bridgehead atoms. The molecule has 7 heteroatoms. The number of hydrogen-bond acceptors (Lipinski definition) is 4.